The van der Waals surface area contributed by atoms with E-state index in [0.29, 0.717) is 18.3 Å². The fourth-order valence-electron chi connectivity index (χ4n) is 4.40. The molecule has 2 fully saturated rings. The summed E-state index contributed by atoms with van der Waals surface area (Å²) in [5.74, 6) is 2.19. The predicted octanol–water partition coefficient (Wildman–Crippen LogP) is 4.55. The minimum absolute atomic E-state index is 0.144. The van der Waals surface area contributed by atoms with E-state index in [9.17, 15) is 4.79 Å². The van der Waals surface area contributed by atoms with Gasteiger partial charge in [-0.25, -0.2) is 0 Å². The zero-order chi connectivity index (χ0) is 23.3. The third-order valence-electron chi connectivity index (χ3n) is 6.41. The molecule has 5 rings (SSSR count). The molecule has 1 aliphatic carbocycles. The predicted molar refractivity (Wildman–Crippen MR) is 135 cm³/mol. The molecule has 1 saturated heterocycles. The number of aromatic nitrogens is 3. The third kappa shape index (κ3) is 5.22. The zero-order valence-corrected chi connectivity index (χ0v) is 20.4. The van der Waals surface area contributed by atoms with Crippen LogP contribution in [0.5, 0.6) is 5.75 Å². The van der Waals surface area contributed by atoms with Crippen LogP contribution in [0.2, 0.25) is 0 Å². The van der Waals surface area contributed by atoms with Crippen molar-refractivity contribution in [2.75, 3.05) is 30.9 Å². The first-order valence-corrected chi connectivity index (χ1v) is 13.0. The fraction of sp³-hybridized carbons (Fsp3) is 0.423. The van der Waals surface area contributed by atoms with E-state index in [1.165, 1.54) is 31.0 Å². The molecular formula is C26H31N5O2S. The van der Waals surface area contributed by atoms with Gasteiger partial charge in [0.15, 0.2) is 5.16 Å². The molecule has 34 heavy (non-hydrogen) atoms. The van der Waals surface area contributed by atoms with Gasteiger partial charge in [-0.05, 0) is 61.9 Å². The summed E-state index contributed by atoms with van der Waals surface area (Å²) in [6, 6.07) is 18.5. The van der Waals surface area contributed by atoms with Gasteiger partial charge in [-0.1, -0.05) is 42.1 Å². The number of ether oxygens (including phenoxy) is 1. The maximum Gasteiger partial charge on any atom is 0.233 e. The molecule has 1 amide bonds. The number of amides is 1. The Balaban J connectivity index is 1.32. The van der Waals surface area contributed by atoms with Gasteiger partial charge in [0.1, 0.15) is 5.75 Å². The Hall–Kier alpha value is -3.00. The molecule has 0 radical (unpaired) electrons. The van der Waals surface area contributed by atoms with Crippen molar-refractivity contribution >= 4 is 23.6 Å². The molecule has 1 aromatic heterocycles. The van der Waals surface area contributed by atoms with Gasteiger partial charge >= 0.3 is 0 Å². The minimum atomic E-state index is 0.144. The Morgan fingerprint density at radius 2 is 1.76 bits per heavy atom. The molecular weight excluding hydrogens is 446 g/mol. The second-order valence-corrected chi connectivity index (χ2v) is 9.83. The molecule has 0 atom stereocenters. The van der Waals surface area contributed by atoms with E-state index in [1.807, 2.05) is 47.4 Å². The first-order chi connectivity index (χ1) is 16.7. The third-order valence-corrected chi connectivity index (χ3v) is 7.33. The van der Waals surface area contributed by atoms with Crippen LogP contribution in [0, 0.1) is 0 Å². The van der Waals surface area contributed by atoms with Crippen LogP contribution in [-0.2, 0) is 11.3 Å². The van der Waals surface area contributed by atoms with Gasteiger partial charge in [0.2, 0.25) is 11.9 Å². The lowest BCUT2D eigenvalue weighted by Gasteiger charge is -2.28. The molecule has 0 N–H and O–H groups in total. The van der Waals surface area contributed by atoms with E-state index in [1.54, 1.807) is 7.11 Å². The van der Waals surface area contributed by atoms with Gasteiger partial charge in [-0.2, -0.15) is 0 Å². The zero-order valence-electron chi connectivity index (χ0n) is 19.6. The van der Waals surface area contributed by atoms with Crippen molar-refractivity contribution < 1.29 is 9.53 Å². The van der Waals surface area contributed by atoms with Crippen molar-refractivity contribution in [2.24, 2.45) is 0 Å². The van der Waals surface area contributed by atoms with Crippen molar-refractivity contribution in [2.45, 2.75) is 49.8 Å². The summed E-state index contributed by atoms with van der Waals surface area (Å²) in [5.41, 5.74) is 2.14. The number of hydrogen-bond acceptors (Lipinski definition) is 6. The van der Waals surface area contributed by atoms with Crippen LogP contribution >= 0.6 is 11.8 Å². The monoisotopic (exact) mass is 477 g/mol. The standard InChI is InChI=1S/C26H31N5O2S/c1-33-23-14-10-20(11-15-23)18-30(21-12-13-21)24(32)19-34-26-28-27-25(29-16-6-3-7-17-29)31(26)22-8-4-2-5-9-22/h2,4-5,8-11,14-15,21H,3,6-7,12-13,16-19H2,1H3. The molecule has 0 bridgehead atoms. The Morgan fingerprint density at radius 1 is 1.03 bits per heavy atom. The number of carbonyl (C=O) groups excluding carboxylic acids is 1. The number of para-hydroxylation sites is 1. The van der Waals surface area contributed by atoms with E-state index < -0.39 is 0 Å². The van der Waals surface area contributed by atoms with Crippen molar-refractivity contribution in [1.29, 1.82) is 0 Å². The molecule has 1 aliphatic heterocycles. The first kappa shape index (κ1) is 22.8. The van der Waals surface area contributed by atoms with E-state index in [-0.39, 0.29) is 5.91 Å². The molecule has 2 aliphatic rings. The van der Waals surface area contributed by atoms with Gasteiger partial charge in [0, 0.05) is 25.7 Å². The van der Waals surface area contributed by atoms with Gasteiger partial charge < -0.3 is 14.5 Å². The van der Waals surface area contributed by atoms with E-state index in [2.05, 4.69) is 31.8 Å². The van der Waals surface area contributed by atoms with E-state index in [0.717, 1.165) is 54.0 Å². The maximum absolute atomic E-state index is 13.3. The lowest BCUT2D eigenvalue weighted by atomic mass is 10.1. The van der Waals surface area contributed by atoms with Crippen molar-refractivity contribution in [1.82, 2.24) is 19.7 Å². The largest absolute Gasteiger partial charge is 0.497 e. The van der Waals surface area contributed by atoms with E-state index >= 15 is 0 Å². The van der Waals surface area contributed by atoms with Gasteiger partial charge in [0.05, 0.1) is 18.6 Å². The Bertz CT molecular complexity index is 1090. The average molecular weight is 478 g/mol. The van der Waals surface area contributed by atoms with Crippen LogP contribution in [0.15, 0.2) is 59.8 Å². The number of anilines is 1. The molecule has 2 heterocycles. The van der Waals surface area contributed by atoms with Crippen LogP contribution in [0.4, 0.5) is 5.95 Å². The van der Waals surface area contributed by atoms with Crippen LogP contribution in [0.25, 0.3) is 5.69 Å². The summed E-state index contributed by atoms with van der Waals surface area (Å²) in [6.07, 6.45) is 5.75. The fourth-order valence-corrected chi connectivity index (χ4v) is 5.23. The number of piperidine rings is 1. The Morgan fingerprint density at radius 3 is 2.44 bits per heavy atom. The molecule has 1 saturated carbocycles. The Kier molecular flexibility index (Phi) is 7.04. The summed E-state index contributed by atoms with van der Waals surface area (Å²) in [6.45, 7) is 2.61. The van der Waals surface area contributed by atoms with Crippen LogP contribution < -0.4 is 9.64 Å². The number of benzene rings is 2. The summed E-state index contributed by atoms with van der Waals surface area (Å²) in [4.78, 5) is 17.6. The average Bonchev–Trinajstić information content (AvgIpc) is 3.65. The van der Waals surface area contributed by atoms with Crippen molar-refractivity contribution in [3.8, 4) is 11.4 Å². The molecule has 178 valence electrons. The van der Waals surface area contributed by atoms with Crippen LogP contribution in [0.1, 0.15) is 37.7 Å². The molecule has 0 unspecified atom stereocenters. The number of methoxy groups -OCH3 is 1. The normalized spacial score (nSPS) is 15.9. The summed E-state index contributed by atoms with van der Waals surface area (Å²) in [5, 5.41) is 9.83. The second-order valence-electron chi connectivity index (χ2n) is 8.89. The summed E-state index contributed by atoms with van der Waals surface area (Å²) >= 11 is 1.48. The van der Waals surface area contributed by atoms with Gasteiger partial charge in [-0.3, -0.25) is 9.36 Å². The molecule has 0 spiro atoms. The highest BCUT2D eigenvalue weighted by atomic mass is 32.2. The van der Waals surface area contributed by atoms with Gasteiger partial charge in [-0.15, -0.1) is 10.2 Å². The van der Waals surface area contributed by atoms with Crippen LogP contribution in [-0.4, -0.2) is 57.6 Å². The highest BCUT2D eigenvalue weighted by Crippen LogP contribution is 2.32. The lowest BCUT2D eigenvalue weighted by molar-refractivity contribution is -0.129. The number of thioether (sulfide) groups is 1. The smallest absolute Gasteiger partial charge is 0.233 e. The topological polar surface area (TPSA) is 63.5 Å². The number of carbonyl (C=O) groups is 1. The molecule has 2 aromatic carbocycles. The summed E-state index contributed by atoms with van der Waals surface area (Å²) < 4.78 is 7.37. The quantitative estimate of drug-likeness (QED) is 0.422. The van der Waals surface area contributed by atoms with Crippen LogP contribution in [0.3, 0.4) is 0 Å². The highest BCUT2D eigenvalue weighted by Gasteiger charge is 2.33. The second kappa shape index (κ2) is 10.5. The molecule has 8 heteroatoms. The van der Waals surface area contributed by atoms with Gasteiger partial charge in [0.25, 0.3) is 0 Å². The van der Waals surface area contributed by atoms with E-state index in [4.69, 9.17) is 4.74 Å². The molecule has 3 aromatic rings. The SMILES string of the molecule is COc1ccc(CN(C(=O)CSc2nnc(N3CCCCC3)n2-c2ccccc2)C2CC2)cc1. The number of rotatable bonds is 9. The minimum Gasteiger partial charge on any atom is -0.497 e. The maximum atomic E-state index is 13.3. The highest BCUT2D eigenvalue weighted by molar-refractivity contribution is 7.99. The molecule has 7 nitrogen and oxygen atoms in total. The van der Waals surface area contributed by atoms with Crippen molar-refractivity contribution in [3.05, 3.63) is 60.2 Å². The number of hydrogen-bond donors (Lipinski definition) is 0. The van der Waals surface area contributed by atoms with Crippen molar-refractivity contribution in [3.63, 3.8) is 0 Å². The Labute approximate surface area is 205 Å². The summed E-state index contributed by atoms with van der Waals surface area (Å²) in [7, 11) is 1.66. The lowest BCUT2D eigenvalue weighted by Crippen LogP contribution is -2.34. The number of nitrogens with zero attached hydrogens (tertiary/aromatic N) is 5. The first-order valence-electron chi connectivity index (χ1n) is 12.0.